The van der Waals surface area contributed by atoms with Crippen LogP contribution < -0.4 is 0 Å². The average Bonchev–Trinajstić information content (AvgIpc) is 3.33. The smallest absolute Gasteiger partial charge is 0.0394 e. The third kappa shape index (κ3) is 2.10. The van der Waals surface area contributed by atoms with E-state index in [9.17, 15) is 0 Å². The second-order valence-electron chi connectivity index (χ2n) is 8.25. The Balaban J connectivity index is 1.71. The molecule has 2 heteroatoms. The van der Waals surface area contributed by atoms with Gasteiger partial charge in [-0.3, -0.25) is 0 Å². The van der Waals surface area contributed by atoms with Gasteiger partial charge in [0.2, 0.25) is 0 Å². The molecule has 0 aliphatic carbocycles. The number of hydrogen-bond donors (Lipinski definition) is 0. The first-order chi connectivity index (χ1) is 14.7. The van der Waals surface area contributed by atoms with Crippen LogP contribution in [0.4, 0.5) is 0 Å². The predicted molar refractivity (Wildman–Crippen MR) is 137 cm³/mol. The van der Waals surface area contributed by atoms with Gasteiger partial charge in [-0.2, -0.15) is 0 Å². The lowest BCUT2D eigenvalue weighted by atomic mass is 9.97. The fourth-order valence-electron chi connectivity index (χ4n) is 5.06. The average molecular weight is 419 g/mol. The van der Waals surface area contributed by atoms with E-state index in [1.165, 1.54) is 73.0 Å². The zero-order valence-corrected chi connectivity index (χ0v) is 18.4. The Labute approximate surface area is 182 Å². The molecule has 0 amide bonds. The van der Waals surface area contributed by atoms with Crippen LogP contribution in [-0.2, 0) is 0 Å². The summed E-state index contributed by atoms with van der Waals surface area (Å²) in [4.78, 5) is 0. The summed E-state index contributed by atoms with van der Waals surface area (Å²) in [6, 6.07) is 26.9. The highest BCUT2D eigenvalue weighted by Crippen LogP contribution is 2.48. The van der Waals surface area contributed by atoms with E-state index in [-0.39, 0.29) is 0 Å². The minimum Gasteiger partial charge on any atom is -0.135 e. The largest absolute Gasteiger partial charge is 0.135 e. The Kier molecular flexibility index (Phi) is 3.26. The molecule has 30 heavy (non-hydrogen) atoms. The summed E-state index contributed by atoms with van der Waals surface area (Å²) in [7, 11) is 0. The fraction of sp³-hybridized carbons (Fsp3) is 0.0714. The van der Waals surface area contributed by atoms with Crippen LogP contribution in [0.25, 0.3) is 61.9 Å². The fourth-order valence-corrected chi connectivity index (χ4v) is 7.66. The first-order valence-corrected chi connectivity index (χ1v) is 11.9. The molecule has 7 aromatic rings. The highest BCUT2D eigenvalue weighted by atomic mass is 32.1. The Morgan fingerprint density at radius 2 is 0.867 bits per heavy atom. The molecule has 5 aromatic carbocycles. The van der Waals surface area contributed by atoms with Crippen molar-refractivity contribution in [2.24, 2.45) is 0 Å². The van der Waals surface area contributed by atoms with E-state index < -0.39 is 0 Å². The minimum atomic E-state index is 1.32. The quantitative estimate of drug-likeness (QED) is 0.230. The summed E-state index contributed by atoms with van der Waals surface area (Å²) < 4.78 is 5.67. The van der Waals surface area contributed by atoms with Crippen molar-refractivity contribution in [3.8, 4) is 0 Å². The van der Waals surface area contributed by atoms with Gasteiger partial charge >= 0.3 is 0 Å². The van der Waals surface area contributed by atoms with Crippen molar-refractivity contribution < 1.29 is 0 Å². The monoisotopic (exact) mass is 418 g/mol. The maximum absolute atomic E-state index is 2.39. The molecule has 0 fully saturated rings. The third-order valence-electron chi connectivity index (χ3n) is 6.54. The zero-order valence-electron chi connectivity index (χ0n) is 16.7. The Bertz CT molecular complexity index is 1680. The molecular formula is C28H18S2. The number of aryl methyl sites for hydroxylation is 2. The lowest BCUT2D eigenvalue weighted by Gasteiger charge is -2.06. The Hall–Kier alpha value is -2.94. The summed E-state index contributed by atoms with van der Waals surface area (Å²) in [6.07, 6.45) is 0. The molecule has 0 saturated carbocycles. The van der Waals surface area contributed by atoms with E-state index in [0.29, 0.717) is 0 Å². The maximum atomic E-state index is 2.39. The molecule has 142 valence electrons. The Morgan fingerprint density at radius 1 is 0.500 bits per heavy atom. The van der Waals surface area contributed by atoms with E-state index in [2.05, 4.69) is 86.6 Å². The van der Waals surface area contributed by atoms with Gasteiger partial charge in [0.1, 0.15) is 0 Å². The second-order valence-corrected chi connectivity index (χ2v) is 10.4. The van der Waals surface area contributed by atoms with E-state index in [1.807, 2.05) is 22.7 Å². The predicted octanol–water partition coefficient (Wildman–Crippen LogP) is 9.35. The number of benzene rings is 5. The van der Waals surface area contributed by atoms with Crippen LogP contribution in [0, 0.1) is 13.8 Å². The molecule has 0 bridgehead atoms. The molecular weight excluding hydrogens is 400 g/mol. The van der Waals surface area contributed by atoms with Crippen LogP contribution in [-0.4, -0.2) is 0 Å². The molecule has 0 N–H and O–H groups in total. The van der Waals surface area contributed by atoms with Gasteiger partial charge < -0.3 is 0 Å². The van der Waals surface area contributed by atoms with E-state index in [0.717, 1.165) is 0 Å². The van der Waals surface area contributed by atoms with Crippen LogP contribution >= 0.6 is 22.7 Å². The minimum absolute atomic E-state index is 1.32. The summed E-state index contributed by atoms with van der Waals surface area (Å²) in [5.74, 6) is 0. The van der Waals surface area contributed by atoms with Crippen molar-refractivity contribution >= 4 is 84.6 Å². The van der Waals surface area contributed by atoms with Crippen LogP contribution in [0.1, 0.15) is 11.1 Å². The molecule has 0 nitrogen and oxygen atoms in total. The molecule has 0 saturated heterocycles. The van der Waals surface area contributed by atoms with Gasteiger partial charge in [0, 0.05) is 40.3 Å². The summed E-state index contributed by atoms with van der Waals surface area (Å²) >= 11 is 3.90. The van der Waals surface area contributed by atoms with Crippen molar-refractivity contribution in [3.05, 3.63) is 83.9 Å². The number of fused-ring (bicyclic) bond motifs is 8. The van der Waals surface area contributed by atoms with Crippen molar-refractivity contribution in [3.63, 3.8) is 0 Å². The normalized spacial score (nSPS) is 12.3. The molecule has 7 rings (SSSR count). The van der Waals surface area contributed by atoms with Crippen molar-refractivity contribution in [1.82, 2.24) is 0 Å². The number of hydrogen-bond acceptors (Lipinski definition) is 2. The third-order valence-corrected chi connectivity index (χ3v) is 9.09. The lowest BCUT2D eigenvalue weighted by Crippen LogP contribution is -1.82. The first kappa shape index (κ1) is 16.8. The van der Waals surface area contributed by atoms with Gasteiger partial charge in [0.25, 0.3) is 0 Å². The van der Waals surface area contributed by atoms with Crippen LogP contribution in [0.15, 0.2) is 72.8 Å². The molecule has 2 heterocycles. The molecule has 0 aliphatic rings. The molecule has 0 unspecified atom stereocenters. The van der Waals surface area contributed by atoms with E-state index in [4.69, 9.17) is 0 Å². The topological polar surface area (TPSA) is 0 Å². The van der Waals surface area contributed by atoms with Gasteiger partial charge in [-0.15, -0.1) is 22.7 Å². The maximum Gasteiger partial charge on any atom is 0.0394 e. The van der Waals surface area contributed by atoms with Gasteiger partial charge in [0.15, 0.2) is 0 Å². The van der Waals surface area contributed by atoms with E-state index >= 15 is 0 Å². The van der Waals surface area contributed by atoms with Crippen molar-refractivity contribution in [1.29, 1.82) is 0 Å². The summed E-state index contributed by atoms with van der Waals surface area (Å²) in [6.45, 7) is 4.64. The van der Waals surface area contributed by atoms with Crippen LogP contribution in [0.2, 0.25) is 0 Å². The molecule has 0 spiro atoms. The molecule has 2 aromatic heterocycles. The van der Waals surface area contributed by atoms with Crippen molar-refractivity contribution in [2.45, 2.75) is 13.8 Å². The highest BCUT2D eigenvalue weighted by Gasteiger charge is 2.19. The van der Waals surface area contributed by atoms with E-state index in [1.54, 1.807) is 0 Å². The number of rotatable bonds is 0. The summed E-state index contributed by atoms with van der Waals surface area (Å²) in [5, 5.41) is 11.0. The standard InChI is InChI=1S/C28H18S2/c1-15-25-21-11-17-7-3-5-9-19(17)13-23(21)30-28(25)16(2)26-22-12-18-8-4-6-10-20(18)14-24(22)29-27(15)26/h3-14H,1-2H3. The first-order valence-electron chi connectivity index (χ1n) is 10.3. The number of thiophene rings is 2. The molecule has 0 radical (unpaired) electrons. The Morgan fingerprint density at radius 3 is 1.27 bits per heavy atom. The summed E-state index contributed by atoms with van der Waals surface area (Å²) in [5.41, 5.74) is 2.86. The zero-order chi connectivity index (χ0) is 20.0. The van der Waals surface area contributed by atoms with Crippen LogP contribution in [0.3, 0.4) is 0 Å². The van der Waals surface area contributed by atoms with Gasteiger partial charge in [0.05, 0.1) is 0 Å². The van der Waals surface area contributed by atoms with Gasteiger partial charge in [-0.1, -0.05) is 48.5 Å². The molecule has 0 aliphatic heterocycles. The lowest BCUT2D eigenvalue weighted by molar-refractivity contribution is 1.59. The van der Waals surface area contributed by atoms with Gasteiger partial charge in [-0.05, 0) is 70.8 Å². The van der Waals surface area contributed by atoms with Crippen molar-refractivity contribution in [2.75, 3.05) is 0 Å². The second kappa shape index (κ2) is 5.81. The highest BCUT2D eigenvalue weighted by molar-refractivity contribution is 7.28. The SMILES string of the molecule is Cc1c2sc3cc4ccccc4cc3c2c(C)c2sc3cc4ccccc4cc3c12. The molecule has 0 atom stereocenters. The van der Waals surface area contributed by atoms with Gasteiger partial charge in [-0.25, -0.2) is 0 Å². The van der Waals surface area contributed by atoms with Crippen LogP contribution in [0.5, 0.6) is 0 Å².